The SMILES string of the molecule is CCN(CC)CCn1c(C)c(C)c2c1ncn1nc(-c3ccco3)nc21. The van der Waals surface area contributed by atoms with Crippen molar-refractivity contribution >= 4 is 16.7 Å². The van der Waals surface area contributed by atoms with Crippen LogP contribution < -0.4 is 0 Å². The summed E-state index contributed by atoms with van der Waals surface area (Å²) in [6, 6.07) is 3.71. The third-order valence-electron chi connectivity index (χ3n) is 5.22. The molecule has 4 rings (SSSR count). The van der Waals surface area contributed by atoms with Crippen LogP contribution in [0.1, 0.15) is 25.1 Å². The van der Waals surface area contributed by atoms with E-state index < -0.39 is 0 Å². The maximum absolute atomic E-state index is 5.44. The summed E-state index contributed by atoms with van der Waals surface area (Å²) < 4.78 is 9.47. The zero-order valence-electron chi connectivity index (χ0n) is 15.7. The van der Waals surface area contributed by atoms with Gasteiger partial charge in [-0.15, -0.1) is 5.10 Å². The van der Waals surface area contributed by atoms with Gasteiger partial charge < -0.3 is 13.9 Å². The van der Waals surface area contributed by atoms with E-state index in [1.165, 1.54) is 11.3 Å². The minimum absolute atomic E-state index is 0.581. The maximum Gasteiger partial charge on any atom is 0.217 e. The van der Waals surface area contributed by atoms with Crippen molar-refractivity contribution in [2.24, 2.45) is 0 Å². The fraction of sp³-hybridized carbons (Fsp3) is 0.421. The van der Waals surface area contributed by atoms with E-state index in [9.17, 15) is 0 Å². The molecule has 4 heterocycles. The summed E-state index contributed by atoms with van der Waals surface area (Å²) in [6.45, 7) is 12.7. The molecule has 0 spiro atoms. The van der Waals surface area contributed by atoms with Gasteiger partial charge in [-0.1, -0.05) is 13.8 Å². The fourth-order valence-corrected chi connectivity index (χ4v) is 3.50. The van der Waals surface area contributed by atoms with Gasteiger partial charge in [0.1, 0.15) is 12.0 Å². The number of rotatable bonds is 6. The summed E-state index contributed by atoms with van der Waals surface area (Å²) in [5.41, 5.74) is 4.23. The van der Waals surface area contributed by atoms with Crippen LogP contribution in [0.2, 0.25) is 0 Å². The van der Waals surface area contributed by atoms with Crippen molar-refractivity contribution in [1.29, 1.82) is 0 Å². The van der Waals surface area contributed by atoms with Crippen LogP contribution in [0, 0.1) is 13.8 Å². The predicted molar refractivity (Wildman–Crippen MR) is 101 cm³/mol. The molecule has 4 aromatic heterocycles. The molecule has 0 amide bonds. The number of hydrogen-bond donors (Lipinski definition) is 0. The van der Waals surface area contributed by atoms with E-state index in [-0.39, 0.29) is 0 Å². The molecule has 0 bridgehead atoms. The molecule has 4 aromatic rings. The van der Waals surface area contributed by atoms with Gasteiger partial charge in [-0.2, -0.15) is 0 Å². The zero-order valence-corrected chi connectivity index (χ0v) is 15.7. The van der Waals surface area contributed by atoms with Gasteiger partial charge in [-0.25, -0.2) is 14.5 Å². The Balaban J connectivity index is 1.83. The largest absolute Gasteiger partial charge is 0.461 e. The van der Waals surface area contributed by atoms with Gasteiger partial charge in [0.05, 0.1) is 11.6 Å². The Hall–Kier alpha value is -2.67. The third-order valence-corrected chi connectivity index (χ3v) is 5.22. The van der Waals surface area contributed by atoms with Crippen molar-refractivity contribution in [1.82, 2.24) is 29.0 Å². The quantitative estimate of drug-likeness (QED) is 0.533. The molecule has 0 saturated heterocycles. The summed E-state index contributed by atoms with van der Waals surface area (Å²) in [5.74, 6) is 1.24. The van der Waals surface area contributed by atoms with Crippen LogP contribution in [0.25, 0.3) is 28.3 Å². The predicted octanol–water partition coefficient (Wildman–Crippen LogP) is 3.30. The highest BCUT2D eigenvalue weighted by Gasteiger charge is 2.19. The van der Waals surface area contributed by atoms with Gasteiger partial charge in [-0.05, 0) is 44.6 Å². The molecule has 0 saturated carbocycles. The summed E-state index contributed by atoms with van der Waals surface area (Å²) in [5, 5.41) is 5.58. The minimum Gasteiger partial charge on any atom is -0.461 e. The van der Waals surface area contributed by atoms with Gasteiger partial charge in [0.25, 0.3) is 0 Å². The molecule has 0 N–H and O–H groups in total. The van der Waals surface area contributed by atoms with Crippen LogP contribution in [-0.4, -0.2) is 48.7 Å². The number of aromatic nitrogens is 5. The average Bonchev–Trinajstić information content (AvgIpc) is 3.36. The van der Waals surface area contributed by atoms with Gasteiger partial charge in [0, 0.05) is 18.8 Å². The number of aryl methyl sites for hydroxylation is 1. The summed E-state index contributed by atoms with van der Waals surface area (Å²) in [4.78, 5) is 11.8. The monoisotopic (exact) mass is 352 g/mol. The lowest BCUT2D eigenvalue weighted by atomic mass is 10.2. The lowest BCUT2D eigenvalue weighted by Gasteiger charge is -2.19. The van der Waals surface area contributed by atoms with Crippen LogP contribution in [0.3, 0.4) is 0 Å². The Labute approximate surface area is 152 Å². The van der Waals surface area contributed by atoms with Gasteiger partial charge in [0.15, 0.2) is 11.4 Å². The van der Waals surface area contributed by atoms with Crippen LogP contribution in [0.5, 0.6) is 0 Å². The first-order valence-corrected chi connectivity index (χ1v) is 9.11. The second kappa shape index (κ2) is 6.57. The fourth-order valence-electron chi connectivity index (χ4n) is 3.50. The molecule has 7 heteroatoms. The molecule has 0 unspecified atom stereocenters. The van der Waals surface area contributed by atoms with Crippen molar-refractivity contribution in [3.8, 4) is 11.6 Å². The van der Waals surface area contributed by atoms with Crippen LogP contribution in [-0.2, 0) is 6.54 Å². The summed E-state index contributed by atoms with van der Waals surface area (Å²) >= 11 is 0. The number of likely N-dealkylation sites (N-methyl/N-ethyl adjacent to an activating group) is 1. The number of nitrogens with zero attached hydrogens (tertiary/aromatic N) is 6. The first-order valence-electron chi connectivity index (χ1n) is 9.11. The van der Waals surface area contributed by atoms with Crippen LogP contribution in [0.15, 0.2) is 29.1 Å². The van der Waals surface area contributed by atoms with Crippen LogP contribution in [0.4, 0.5) is 0 Å². The molecule has 7 nitrogen and oxygen atoms in total. The Bertz CT molecular complexity index is 1040. The van der Waals surface area contributed by atoms with Crippen LogP contribution >= 0.6 is 0 Å². The maximum atomic E-state index is 5.44. The number of hydrogen-bond acceptors (Lipinski definition) is 5. The van der Waals surface area contributed by atoms with E-state index in [1.807, 2.05) is 12.1 Å². The molecule has 0 aliphatic rings. The molecule has 0 fully saturated rings. The molecular weight excluding hydrogens is 328 g/mol. The van der Waals surface area contributed by atoms with E-state index in [2.05, 4.69) is 47.2 Å². The summed E-state index contributed by atoms with van der Waals surface area (Å²) in [7, 11) is 0. The Kier molecular flexibility index (Phi) is 4.24. The lowest BCUT2D eigenvalue weighted by Crippen LogP contribution is -2.27. The van der Waals surface area contributed by atoms with Crippen molar-refractivity contribution in [3.63, 3.8) is 0 Å². The number of furan rings is 1. The molecular formula is C19H24N6O. The van der Waals surface area contributed by atoms with Crippen molar-refractivity contribution in [2.75, 3.05) is 19.6 Å². The van der Waals surface area contributed by atoms with E-state index in [4.69, 9.17) is 9.40 Å². The van der Waals surface area contributed by atoms with Crippen molar-refractivity contribution in [2.45, 2.75) is 34.2 Å². The number of fused-ring (bicyclic) bond motifs is 3. The van der Waals surface area contributed by atoms with Crippen molar-refractivity contribution < 1.29 is 4.42 Å². The van der Waals surface area contributed by atoms with Gasteiger partial charge in [0.2, 0.25) is 5.82 Å². The highest BCUT2D eigenvalue weighted by atomic mass is 16.3. The summed E-state index contributed by atoms with van der Waals surface area (Å²) in [6.07, 6.45) is 3.37. The zero-order chi connectivity index (χ0) is 18.3. The second-order valence-electron chi connectivity index (χ2n) is 6.51. The highest BCUT2D eigenvalue weighted by Crippen LogP contribution is 2.28. The topological polar surface area (TPSA) is 64.4 Å². The highest BCUT2D eigenvalue weighted by molar-refractivity contribution is 5.94. The van der Waals surface area contributed by atoms with E-state index in [0.29, 0.717) is 11.6 Å². The lowest BCUT2D eigenvalue weighted by molar-refractivity contribution is 0.291. The third kappa shape index (κ3) is 2.59. The first-order chi connectivity index (χ1) is 12.6. The Morgan fingerprint density at radius 2 is 1.96 bits per heavy atom. The molecule has 136 valence electrons. The molecule has 0 atom stereocenters. The molecule has 0 aliphatic carbocycles. The van der Waals surface area contributed by atoms with Gasteiger partial charge in [-0.3, -0.25) is 0 Å². The second-order valence-corrected chi connectivity index (χ2v) is 6.51. The molecule has 0 aliphatic heterocycles. The average molecular weight is 352 g/mol. The Morgan fingerprint density at radius 3 is 2.65 bits per heavy atom. The van der Waals surface area contributed by atoms with E-state index in [0.717, 1.165) is 42.9 Å². The first kappa shape index (κ1) is 16.8. The van der Waals surface area contributed by atoms with E-state index in [1.54, 1.807) is 17.1 Å². The smallest absolute Gasteiger partial charge is 0.217 e. The van der Waals surface area contributed by atoms with Crippen molar-refractivity contribution in [3.05, 3.63) is 36.0 Å². The molecule has 0 radical (unpaired) electrons. The molecule has 0 aromatic carbocycles. The van der Waals surface area contributed by atoms with E-state index >= 15 is 0 Å². The van der Waals surface area contributed by atoms with Gasteiger partial charge >= 0.3 is 0 Å². The minimum atomic E-state index is 0.581. The normalized spacial score (nSPS) is 12.0. The molecule has 26 heavy (non-hydrogen) atoms. The Morgan fingerprint density at radius 1 is 1.15 bits per heavy atom. The standard InChI is InChI=1S/C19H24N6O/c1-5-23(6-2)9-10-24-14(4)13(3)16-18(24)20-12-25-19(16)21-17(22-25)15-8-7-11-26-15/h7-8,11-12H,5-6,9-10H2,1-4H3.